The van der Waals surface area contributed by atoms with Crippen LogP contribution in [0, 0.1) is 17.7 Å². The molecule has 0 aliphatic rings. The van der Waals surface area contributed by atoms with Gasteiger partial charge in [-0.1, -0.05) is 11.8 Å². The number of rotatable bonds is 4. The molecule has 0 aliphatic heterocycles. The fourth-order valence-electron chi connectivity index (χ4n) is 1.45. The number of nitrogens with two attached hydrogens (primary N) is 1. The normalized spacial score (nSPS) is 9.68. The predicted octanol–water partition coefficient (Wildman–Crippen LogP) is 1.57. The quantitative estimate of drug-likeness (QED) is 0.852. The van der Waals surface area contributed by atoms with E-state index in [4.69, 9.17) is 5.73 Å². The number of benzene rings is 1. The maximum Gasteiger partial charge on any atom is 0.253 e. The lowest BCUT2D eigenvalue weighted by Crippen LogP contribution is -2.28. The fourth-order valence-corrected chi connectivity index (χ4v) is 1.90. The molecule has 0 spiro atoms. The zero-order valence-electron chi connectivity index (χ0n) is 11.1. The molecule has 0 saturated heterocycles. The third kappa shape index (κ3) is 4.58. The Bertz CT molecular complexity index is 508. The van der Waals surface area contributed by atoms with Gasteiger partial charge in [0.2, 0.25) is 0 Å². The molecule has 1 aromatic carbocycles. The Morgan fingerprint density at radius 2 is 2.26 bits per heavy atom. The van der Waals surface area contributed by atoms with Gasteiger partial charge in [-0.05, 0) is 24.5 Å². The molecule has 1 aromatic rings. The largest absolute Gasteiger partial charge is 0.341 e. The monoisotopic (exact) mass is 280 g/mol. The molecule has 0 radical (unpaired) electrons. The van der Waals surface area contributed by atoms with Crippen LogP contribution in [0.15, 0.2) is 18.2 Å². The summed E-state index contributed by atoms with van der Waals surface area (Å²) in [7, 11) is 1.71. The molecule has 3 nitrogen and oxygen atoms in total. The summed E-state index contributed by atoms with van der Waals surface area (Å²) in [6.07, 6.45) is 1.98. The van der Waals surface area contributed by atoms with E-state index >= 15 is 0 Å². The summed E-state index contributed by atoms with van der Waals surface area (Å²) in [5, 5.41) is 0. The number of nitrogens with zero attached hydrogens (tertiary/aromatic N) is 1. The van der Waals surface area contributed by atoms with Gasteiger partial charge in [0.1, 0.15) is 5.82 Å². The van der Waals surface area contributed by atoms with E-state index in [1.165, 1.54) is 12.1 Å². The van der Waals surface area contributed by atoms with E-state index in [9.17, 15) is 9.18 Å². The van der Waals surface area contributed by atoms with Crippen molar-refractivity contribution in [3.05, 3.63) is 35.1 Å². The molecule has 0 heterocycles. The summed E-state index contributed by atoms with van der Waals surface area (Å²) in [5.41, 5.74) is 5.82. The maximum atomic E-state index is 13.7. The molecule has 102 valence electrons. The third-order valence-electron chi connectivity index (χ3n) is 2.52. The van der Waals surface area contributed by atoms with E-state index in [2.05, 4.69) is 11.8 Å². The Balaban J connectivity index is 2.85. The number of hydrogen-bond donors (Lipinski definition) is 1. The number of hydrogen-bond acceptors (Lipinski definition) is 3. The highest BCUT2D eigenvalue weighted by molar-refractivity contribution is 7.98. The molecule has 0 bridgehead atoms. The molecule has 0 unspecified atom stereocenters. The number of thioether (sulfide) groups is 1. The van der Waals surface area contributed by atoms with E-state index in [1.54, 1.807) is 29.8 Å². The minimum Gasteiger partial charge on any atom is -0.341 e. The topological polar surface area (TPSA) is 46.3 Å². The van der Waals surface area contributed by atoms with Gasteiger partial charge in [-0.3, -0.25) is 4.79 Å². The van der Waals surface area contributed by atoms with Gasteiger partial charge in [0, 0.05) is 24.9 Å². The molecular weight excluding hydrogens is 263 g/mol. The second kappa shape index (κ2) is 7.82. The molecule has 2 N–H and O–H groups in total. The van der Waals surface area contributed by atoms with Crippen molar-refractivity contribution in [1.29, 1.82) is 0 Å². The zero-order valence-corrected chi connectivity index (χ0v) is 11.9. The van der Waals surface area contributed by atoms with Gasteiger partial charge in [0.05, 0.1) is 12.1 Å². The average Bonchev–Trinajstić information content (AvgIpc) is 2.42. The predicted molar refractivity (Wildman–Crippen MR) is 77.7 cm³/mol. The Kier molecular flexibility index (Phi) is 6.40. The lowest BCUT2D eigenvalue weighted by atomic mass is 10.1. The first-order valence-corrected chi connectivity index (χ1v) is 7.22. The van der Waals surface area contributed by atoms with Gasteiger partial charge < -0.3 is 10.6 Å². The molecule has 0 aliphatic carbocycles. The van der Waals surface area contributed by atoms with Crippen molar-refractivity contribution in [3.8, 4) is 11.8 Å². The SMILES string of the molecule is CSCCN(C)C(=O)c1ccc(C#CCN)c(F)c1. The first-order chi connectivity index (χ1) is 9.10. The molecule has 1 amide bonds. The Labute approximate surface area is 117 Å². The lowest BCUT2D eigenvalue weighted by molar-refractivity contribution is 0.0803. The summed E-state index contributed by atoms with van der Waals surface area (Å²) in [6.45, 7) is 0.813. The van der Waals surface area contributed by atoms with E-state index < -0.39 is 5.82 Å². The van der Waals surface area contributed by atoms with Gasteiger partial charge in [-0.2, -0.15) is 11.8 Å². The van der Waals surface area contributed by atoms with Crippen LogP contribution < -0.4 is 5.73 Å². The number of carbonyl (C=O) groups is 1. The molecule has 0 atom stereocenters. The average molecular weight is 280 g/mol. The van der Waals surface area contributed by atoms with Crippen LogP contribution in [0.25, 0.3) is 0 Å². The van der Waals surface area contributed by atoms with Crippen molar-refractivity contribution in [3.63, 3.8) is 0 Å². The van der Waals surface area contributed by atoms with Crippen LogP contribution in [0.2, 0.25) is 0 Å². The number of carbonyl (C=O) groups excluding carboxylic acids is 1. The lowest BCUT2D eigenvalue weighted by Gasteiger charge is -2.16. The van der Waals surface area contributed by atoms with E-state index in [-0.39, 0.29) is 18.0 Å². The van der Waals surface area contributed by atoms with Crippen LogP contribution in [0.4, 0.5) is 4.39 Å². The van der Waals surface area contributed by atoms with Crippen LogP contribution in [0.5, 0.6) is 0 Å². The number of amides is 1. The van der Waals surface area contributed by atoms with Gasteiger partial charge in [0.25, 0.3) is 5.91 Å². The summed E-state index contributed by atoms with van der Waals surface area (Å²) in [5.74, 6) is 5.38. The summed E-state index contributed by atoms with van der Waals surface area (Å²) in [4.78, 5) is 13.6. The Hall–Kier alpha value is -1.51. The van der Waals surface area contributed by atoms with Crippen molar-refractivity contribution in [2.24, 2.45) is 5.73 Å². The van der Waals surface area contributed by atoms with Crippen LogP contribution in [-0.2, 0) is 0 Å². The Morgan fingerprint density at radius 1 is 1.53 bits per heavy atom. The van der Waals surface area contributed by atoms with E-state index in [0.29, 0.717) is 12.1 Å². The molecule has 1 rings (SSSR count). The molecule has 5 heteroatoms. The highest BCUT2D eigenvalue weighted by Gasteiger charge is 2.13. The minimum absolute atomic E-state index is 0.178. The van der Waals surface area contributed by atoms with Crippen molar-refractivity contribution in [1.82, 2.24) is 4.90 Å². The van der Waals surface area contributed by atoms with Gasteiger partial charge in [-0.25, -0.2) is 4.39 Å². The van der Waals surface area contributed by atoms with Crippen LogP contribution in [0.3, 0.4) is 0 Å². The first kappa shape index (κ1) is 15.5. The van der Waals surface area contributed by atoms with Crippen LogP contribution in [-0.4, -0.2) is 43.0 Å². The maximum absolute atomic E-state index is 13.7. The van der Waals surface area contributed by atoms with Crippen LogP contribution in [0.1, 0.15) is 15.9 Å². The van der Waals surface area contributed by atoms with Gasteiger partial charge >= 0.3 is 0 Å². The van der Waals surface area contributed by atoms with Crippen molar-refractivity contribution in [2.75, 3.05) is 32.1 Å². The Morgan fingerprint density at radius 3 is 2.84 bits per heavy atom. The summed E-state index contributed by atoms with van der Waals surface area (Å²) >= 11 is 1.66. The molecule has 0 fully saturated rings. The fraction of sp³-hybridized carbons (Fsp3) is 0.357. The standard InChI is InChI=1S/C14H17FN2OS/c1-17(8-9-19-2)14(18)12-6-5-11(4-3-7-16)13(15)10-12/h5-6,10H,7-9,16H2,1-2H3. The summed E-state index contributed by atoms with van der Waals surface area (Å²) < 4.78 is 13.7. The highest BCUT2D eigenvalue weighted by Crippen LogP contribution is 2.11. The number of halogens is 1. The second-order valence-electron chi connectivity index (χ2n) is 3.92. The smallest absolute Gasteiger partial charge is 0.253 e. The van der Waals surface area contributed by atoms with Crippen molar-refractivity contribution < 1.29 is 9.18 Å². The third-order valence-corrected chi connectivity index (χ3v) is 3.11. The molecular formula is C14H17FN2OS. The first-order valence-electron chi connectivity index (χ1n) is 5.83. The van der Waals surface area contributed by atoms with E-state index in [0.717, 1.165) is 5.75 Å². The van der Waals surface area contributed by atoms with Crippen LogP contribution >= 0.6 is 11.8 Å². The summed E-state index contributed by atoms with van der Waals surface area (Å²) in [6, 6.07) is 4.31. The highest BCUT2D eigenvalue weighted by atomic mass is 32.2. The van der Waals surface area contributed by atoms with E-state index in [1.807, 2.05) is 6.26 Å². The second-order valence-corrected chi connectivity index (χ2v) is 4.91. The molecule has 0 saturated carbocycles. The molecule has 19 heavy (non-hydrogen) atoms. The van der Waals surface area contributed by atoms with Gasteiger partial charge in [0.15, 0.2) is 0 Å². The van der Waals surface area contributed by atoms with Gasteiger partial charge in [-0.15, -0.1) is 0 Å². The zero-order chi connectivity index (χ0) is 14.3. The van der Waals surface area contributed by atoms with Crippen molar-refractivity contribution in [2.45, 2.75) is 0 Å². The minimum atomic E-state index is -0.495. The molecule has 0 aromatic heterocycles. The van der Waals surface area contributed by atoms with Crippen molar-refractivity contribution >= 4 is 17.7 Å².